The number of hydrogen-bond donors (Lipinski definition) is 1. The van der Waals surface area contributed by atoms with E-state index in [1.807, 2.05) is 4.90 Å². The first-order valence-electron chi connectivity index (χ1n) is 7.17. The van der Waals surface area contributed by atoms with Crippen LogP contribution in [0.15, 0.2) is 21.7 Å². The van der Waals surface area contributed by atoms with Crippen molar-refractivity contribution in [3.63, 3.8) is 0 Å². The van der Waals surface area contributed by atoms with E-state index in [4.69, 9.17) is 14.2 Å². The summed E-state index contributed by atoms with van der Waals surface area (Å²) in [4.78, 5) is 13.9. The first-order valence-corrected chi connectivity index (χ1v) is 7.97. The van der Waals surface area contributed by atoms with Crippen molar-refractivity contribution in [1.82, 2.24) is 10.3 Å². The number of amides is 1. The van der Waals surface area contributed by atoms with Crippen LogP contribution in [0.25, 0.3) is 0 Å². The lowest BCUT2D eigenvalue weighted by Gasteiger charge is -2.25. The maximum Gasteiger partial charge on any atom is 0.254 e. The lowest BCUT2D eigenvalue weighted by Crippen LogP contribution is -2.42. The second kappa shape index (κ2) is 8.85. The highest BCUT2D eigenvalue weighted by Gasteiger charge is 2.13. The molecule has 0 aromatic heterocycles. The van der Waals surface area contributed by atoms with Crippen LogP contribution in [0.4, 0.5) is 0 Å². The van der Waals surface area contributed by atoms with Gasteiger partial charge in [-0.25, -0.2) is 5.43 Å². The molecule has 0 aliphatic carbocycles. The van der Waals surface area contributed by atoms with E-state index in [0.717, 1.165) is 23.1 Å². The summed E-state index contributed by atoms with van der Waals surface area (Å²) in [5.41, 5.74) is 3.30. The van der Waals surface area contributed by atoms with Gasteiger partial charge < -0.3 is 14.2 Å². The summed E-state index contributed by atoms with van der Waals surface area (Å²) in [5, 5.41) is 3.99. The van der Waals surface area contributed by atoms with Gasteiger partial charge in [0.15, 0.2) is 11.5 Å². The Morgan fingerprint density at radius 2 is 2.00 bits per heavy atom. The van der Waals surface area contributed by atoms with Gasteiger partial charge in [0, 0.05) is 23.1 Å². The van der Waals surface area contributed by atoms with Crippen molar-refractivity contribution in [2.45, 2.75) is 0 Å². The van der Waals surface area contributed by atoms with E-state index in [-0.39, 0.29) is 5.91 Å². The number of nitrogens with zero attached hydrogens (tertiary/aromatic N) is 2. The summed E-state index contributed by atoms with van der Waals surface area (Å²) in [5.74, 6) is 1.06. The molecule has 1 aromatic carbocycles. The predicted octanol–water partition coefficient (Wildman–Crippen LogP) is 1.25. The van der Waals surface area contributed by atoms with Crippen molar-refractivity contribution in [2.75, 3.05) is 47.1 Å². The van der Waals surface area contributed by atoms with Crippen LogP contribution in [-0.4, -0.2) is 64.1 Å². The quantitative estimate of drug-likeness (QED) is 0.589. The lowest BCUT2D eigenvalue weighted by molar-refractivity contribution is -0.123. The minimum absolute atomic E-state index is 0.153. The molecule has 2 rings (SSSR count). The molecular formula is C15H20BrN3O4. The van der Waals surface area contributed by atoms with Gasteiger partial charge >= 0.3 is 0 Å². The highest BCUT2D eigenvalue weighted by molar-refractivity contribution is 9.10. The topological polar surface area (TPSA) is 72.4 Å². The van der Waals surface area contributed by atoms with Gasteiger partial charge in [0.05, 0.1) is 40.2 Å². The summed E-state index contributed by atoms with van der Waals surface area (Å²) < 4.78 is 16.5. The molecule has 0 atom stereocenters. The van der Waals surface area contributed by atoms with Crippen LogP contribution >= 0.6 is 15.9 Å². The average molecular weight is 386 g/mol. The molecule has 1 amide bonds. The normalized spacial score (nSPS) is 15.6. The molecule has 1 heterocycles. The SMILES string of the molecule is COc1cc(Br)c(/C=N\NC(=O)CN2CCOCC2)cc1OC. The Morgan fingerprint density at radius 3 is 2.65 bits per heavy atom. The fraction of sp³-hybridized carbons (Fsp3) is 0.467. The molecule has 8 heteroatoms. The molecule has 0 spiro atoms. The zero-order chi connectivity index (χ0) is 16.7. The van der Waals surface area contributed by atoms with Crippen molar-refractivity contribution in [3.05, 3.63) is 22.2 Å². The monoisotopic (exact) mass is 385 g/mol. The molecule has 0 radical (unpaired) electrons. The molecule has 23 heavy (non-hydrogen) atoms. The van der Waals surface area contributed by atoms with Crippen molar-refractivity contribution in [1.29, 1.82) is 0 Å². The third kappa shape index (κ3) is 5.19. The number of hydrazone groups is 1. The van der Waals surface area contributed by atoms with Crippen molar-refractivity contribution in [3.8, 4) is 11.5 Å². The van der Waals surface area contributed by atoms with Crippen LogP contribution < -0.4 is 14.9 Å². The smallest absolute Gasteiger partial charge is 0.254 e. The standard InChI is InChI=1S/C15H20BrN3O4/c1-21-13-7-11(12(16)8-14(13)22-2)9-17-18-15(20)10-19-3-5-23-6-4-19/h7-9H,3-6,10H2,1-2H3,(H,18,20)/b17-9-. The molecule has 1 aliphatic rings. The number of methoxy groups -OCH3 is 2. The molecular weight excluding hydrogens is 366 g/mol. The maximum absolute atomic E-state index is 11.8. The van der Waals surface area contributed by atoms with Gasteiger partial charge in [0.1, 0.15) is 0 Å². The van der Waals surface area contributed by atoms with Crippen LogP contribution in [0.1, 0.15) is 5.56 Å². The van der Waals surface area contributed by atoms with E-state index in [0.29, 0.717) is 31.3 Å². The van der Waals surface area contributed by atoms with Crippen LogP contribution in [0.2, 0.25) is 0 Å². The summed E-state index contributed by atoms with van der Waals surface area (Å²) in [6.45, 7) is 3.16. The van der Waals surface area contributed by atoms with Gasteiger partial charge in [0.2, 0.25) is 0 Å². The Hall–Kier alpha value is -1.64. The lowest BCUT2D eigenvalue weighted by atomic mass is 10.2. The number of halogens is 1. The van der Waals surface area contributed by atoms with Gasteiger partial charge in [-0.2, -0.15) is 5.10 Å². The van der Waals surface area contributed by atoms with E-state index in [2.05, 4.69) is 26.5 Å². The van der Waals surface area contributed by atoms with E-state index in [1.165, 1.54) is 0 Å². The number of benzene rings is 1. The zero-order valence-electron chi connectivity index (χ0n) is 13.2. The van der Waals surface area contributed by atoms with Crippen LogP contribution in [0.3, 0.4) is 0 Å². The highest BCUT2D eigenvalue weighted by atomic mass is 79.9. The molecule has 0 saturated carbocycles. The number of carbonyl (C=O) groups is 1. The number of rotatable bonds is 6. The van der Waals surface area contributed by atoms with E-state index in [1.54, 1.807) is 32.6 Å². The molecule has 1 saturated heterocycles. The number of morpholine rings is 1. The Balaban J connectivity index is 1.93. The number of hydrogen-bond acceptors (Lipinski definition) is 6. The van der Waals surface area contributed by atoms with Crippen molar-refractivity contribution >= 4 is 28.1 Å². The second-order valence-corrected chi connectivity index (χ2v) is 5.76. The second-order valence-electron chi connectivity index (χ2n) is 4.91. The van der Waals surface area contributed by atoms with Crippen LogP contribution in [-0.2, 0) is 9.53 Å². The summed E-state index contributed by atoms with van der Waals surface area (Å²) >= 11 is 3.44. The average Bonchev–Trinajstić information content (AvgIpc) is 2.56. The predicted molar refractivity (Wildman–Crippen MR) is 90.2 cm³/mol. The van der Waals surface area contributed by atoms with Gasteiger partial charge in [0.25, 0.3) is 5.91 Å². The Kier molecular flexibility index (Phi) is 6.82. The van der Waals surface area contributed by atoms with E-state index >= 15 is 0 Å². The minimum atomic E-state index is -0.153. The maximum atomic E-state index is 11.8. The largest absolute Gasteiger partial charge is 0.493 e. The van der Waals surface area contributed by atoms with Crippen LogP contribution in [0, 0.1) is 0 Å². The summed E-state index contributed by atoms with van der Waals surface area (Å²) in [6, 6.07) is 3.57. The molecule has 1 N–H and O–H groups in total. The Labute approximate surface area is 143 Å². The fourth-order valence-corrected chi connectivity index (χ4v) is 2.57. The minimum Gasteiger partial charge on any atom is -0.493 e. The van der Waals surface area contributed by atoms with Gasteiger partial charge in [-0.1, -0.05) is 0 Å². The Morgan fingerprint density at radius 1 is 1.35 bits per heavy atom. The first-order chi connectivity index (χ1) is 11.1. The summed E-state index contributed by atoms with van der Waals surface area (Å²) in [7, 11) is 3.14. The third-order valence-electron chi connectivity index (χ3n) is 3.37. The van der Waals surface area contributed by atoms with Crippen LogP contribution in [0.5, 0.6) is 11.5 Å². The first kappa shape index (κ1) is 17.7. The number of carbonyl (C=O) groups excluding carboxylic acids is 1. The molecule has 1 aliphatic heterocycles. The molecule has 1 fully saturated rings. The molecule has 1 aromatic rings. The number of nitrogens with one attached hydrogen (secondary N) is 1. The van der Waals surface area contributed by atoms with Gasteiger partial charge in [-0.05, 0) is 28.1 Å². The molecule has 0 unspecified atom stereocenters. The number of ether oxygens (including phenoxy) is 3. The van der Waals surface area contributed by atoms with Gasteiger partial charge in [-0.3, -0.25) is 9.69 Å². The summed E-state index contributed by atoms with van der Waals surface area (Å²) in [6.07, 6.45) is 1.56. The fourth-order valence-electron chi connectivity index (χ4n) is 2.14. The van der Waals surface area contributed by atoms with E-state index in [9.17, 15) is 4.79 Å². The van der Waals surface area contributed by atoms with Gasteiger partial charge in [-0.15, -0.1) is 0 Å². The molecule has 7 nitrogen and oxygen atoms in total. The zero-order valence-corrected chi connectivity index (χ0v) is 14.8. The van der Waals surface area contributed by atoms with Crippen molar-refractivity contribution in [2.24, 2.45) is 5.10 Å². The highest BCUT2D eigenvalue weighted by Crippen LogP contribution is 2.32. The molecule has 126 valence electrons. The molecule has 0 bridgehead atoms. The van der Waals surface area contributed by atoms with E-state index < -0.39 is 0 Å². The Bertz CT molecular complexity index is 574. The third-order valence-corrected chi connectivity index (χ3v) is 4.05. The van der Waals surface area contributed by atoms with Crippen molar-refractivity contribution < 1.29 is 19.0 Å².